The number of nitrogen functional groups attached to an aromatic ring is 1. The number of esters is 1. The molecule has 2 rings (SSSR count). The highest BCUT2D eigenvalue weighted by Crippen LogP contribution is 2.26. The maximum absolute atomic E-state index is 11.7. The van der Waals surface area contributed by atoms with Crippen LogP contribution in [0.4, 0.5) is 5.82 Å². The van der Waals surface area contributed by atoms with Gasteiger partial charge in [-0.05, 0) is 19.1 Å². The Morgan fingerprint density at radius 3 is 2.89 bits per heavy atom. The fourth-order valence-corrected chi connectivity index (χ4v) is 1.72. The lowest BCUT2D eigenvalue weighted by Gasteiger charge is -2.08. The number of benzene rings is 1. The van der Waals surface area contributed by atoms with Crippen LogP contribution >= 0.6 is 0 Å². The van der Waals surface area contributed by atoms with Crippen molar-refractivity contribution in [1.29, 1.82) is 0 Å². The average Bonchev–Trinajstić information content (AvgIpc) is 2.37. The van der Waals surface area contributed by atoms with E-state index in [-0.39, 0.29) is 11.4 Å². The minimum atomic E-state index is -0.466. The maximum Gasteiger partial charge on any atom is 0.341 e. The van der Waals surface area contributed by atoms with Gasteiger partial charge >= 0.3 is 5.97 Å². The lowest BCUT2D eigenvalue weighted by molar-refractivity contribution is 0.0527. The topological polar surface area (TPSA) is 74.4 Å². The van der Waals surface area contributed by atoms with Crippen LogP contribution in [-0.4, -0.2) is 24.7 Å². The minimum absolute atomic E-state index is 0.144. The van der Waals surface area contributed by atoms with Crippen molar-refractivity contribution in [3.8, 4) is 5.75 Å². The van der Waals surface area contributed by atoms with Gasteiger partial charge in [0.25, 0.3) is 0 Å². The number of hydrogen-bond donors (Lipinski definition) is 1. The molecule has 0 aliphatic rings. The number of anilines is 1. The van der Waals surface area contributed by atoms with Crippen molar-refractivity contribution in [2.75, 3.05) is 19.5 Å². The molecule has 5 nitrogen and oxygen atoms in total. The zero-order valence-electron chi connectivity index (χ0n) is 10.3. The Kier molecular flexibility index (Phi) is 3.32. The van der Waals surface area contributed by atoms with E-state index in [4.69, 9.17) is 15.2 Å². The van der Waals surface area contributed by atoms with Gasteiger partial charge in [-0.2, -0.15) is 0 Å². The van der Waals surface area contributed by atoms with Crippen LogP contribution in [0.5, 0.6) is 5.75 Å². The predicted octanol–water partition coefficient (Wildman–Crippen LogP) is 2.00. The lowest BCUT2D eigenvalue weighted by Crippen LogP contribution is -2.09. The summed E-state index contributed by atoms with van der Waals surface area (Å²) in [5.41, 5.74) is 6.68. The summed E-state index contributed by atoms with van der Waals surface area (Å²) in [6.45, 7) is 2.04. The quantitative estimate of drug-likeness (QED) is 0.838. The first kappa shape index (κ1) is 12.2. The standard InChI is InChI=1S/C13H14N2O3/c1-3-18-13(16)9-7-8-5-4-6-10(17-2)11(8)15-12(9)14/h4-7H,3H2,1-2H3,(H2,14,15). The summed E-state index contributed by atoms with van der Waals surface area (Å²) in [5.74, 6) is 0.298. The van der Waals surface area contributed by atoms with Crippen LogP contribution in [0.2, 0.25) is 0 Å². The Balaban J connectivity index is 2.59. The molecular weight excluding hydrogens is 232 g/mol. The molecule has 18 heavy (non-hydrogen) atoms. The van der Waals surface area contributed by atoms with Crippen molar-refractivity contribution in [1.82, 2.24) is 4.98 Å². The number of rotatable bonds is 3. The normalized spacial score (nSPS) is 10.3. The second kappa shape index (κ2) is 4.91. The van der Waals surface area contributed by atoms with Crippen molar-refractivity contribution in [3.05, 3.63) is 29.8 Å². The SMILES string of the molecule is CCOC(=O)c1cc2cccc(OC)c2nc1N. The molecule has 0 spiro atoms. The van der Waals surface area contributed by atoms with E-state index in [1.54, 1.807) is 26.2 Å². The van der Waals surface area contributed by atoms with E-state index in [2.05, 4.69) is 4.98 Å². The van der Waals surface area contributed by atoms with Gasteiger partial charge in [-0.25, -0.2) is 9.78 Å². The van der Waals surface area contributed by atoms with E-state index < -0.39 is 5.97 Å². The number of para-hydroxylation sites is 1. The molecule has 0 saturated heterocycles. The second-order valence-electron chi connectivity index (χ2n) is 3.67. The molecule has 1 heterocycles. The second-order valence-corrected chi connectivity index (χ2v) is 3.67. The molecule has 0 aliphatic heterocycles. The molecule has 2 aromatic rings. The molecule has 0 amide bonds. The molecule has 2 N–H and O–H groups in total. The zero-order chi connectivity index (χ0) is 13.1. The Hall–Kier alpha value is -2.30. The largest absolute Gasteiger partial charge is 0.494 e. The summed E-state index contributed by atoms with van der Waals surface area (Å²) < 4.78 is 10.1. The van der Waals surface area contributed by atoms with Gasteiger partial charge < -0.3 is 15.2 Å². The van der Waals surface area contributed by atoms with E-state index in [1.807, 2.05) is 12.1 Å². The third-order valence-electron chi connectivity index (χ3n) is 2.55. The summed E-state index contributed by atoms with van der Waals surface area (Å²) in [7, 11) is 1.56. The molecule has 94 valence electrons. The van der Waals surface area contributed by atoms with Gasteiger partial charge in [0, 0.05) is 5.39 Å². The Labute approximate surface area is 105 Å². The number of nitrogens with zero attached hydrogens (tertiary/aromatic N) is 1. The summed E-state index contributed by atoms with van der Waals surface area (Å²) in [5, 5.41) is 0.784. The first-order chi connectivity index (χ1) is 8.67. The highest BCUT2D eigenvalue weighted by atomic mass is 16.5. The molecule has 1 aromatic heterocycles. The van der Waals surface area contributed by atoms with E-state index in [0.29, 0.717) is 17.9 Å². The number of fused-ring (bicyclic) bond motifs is 1. The van der Waals surface area contributed by atoms with Crippen molar-refractivity contribution >= 4 is 22.7 Å². The van der Waals surface area contributed by atoms with Crippen molar-refractivity contribution in [3.63, 3.8) is 0 Å². The van der Waals surface area contributed by atoms with Crippen LogP contribution in [0, 0.1) is 0 Å². The van der Waals surface area contributed by atoms with Gasteiger partial charge in [0.05, 0.1) is 13.7 Å². The van der Waals surface area contributed by atoms with Crippen LogP contribution in [0.25, 0.3) is 10.9 Å². The Morgan fingerprint density at radius 1 is 1.44 bits per heavy atom. The van der Waals surface area contributed by atoms with E-state index >= 15 is 0 Å². The van der Waals surface area contributed by atoms with Gasteiger partial charge in [-0.15, -0.1) is 0 Å². The molecule has 0 fully saturated rings. The van der Waals surface area contributed by atoms with Gasteiger partial charge in [0.15, 0.2) is 0 Å². The van der Waals surface area contributed by atoms with E-state index in [0.717, 1.165) is 5.39 Å². The molecule has 1 aromatic carbocycles. The number of ether oxygens (including phenoxy) is 2. The zero-order valence-corrected chi connectivity index (χ0v) is 10.3. The first-order valence-corrected chi connectivity index (χ1v) is 5.57. The van der Waals surface area contributed by atoms with Crippen LogP contribution in [0.1, 0.15) is 17.3 Å². The molecule has 0 atom stereocenters. The smallest absolute Gasteiger partial charge is 0.341 e. The Morgan fingerprint density at radius 2 is 2.22 bits per heavy atom. The predicted molar refractivity (Wildman–Crippen MR) is 68.7 cm³/mol. The van der Waals surface area contributed by atoms with Crippen LogP contribution in [0.15, 0.2) is 24.3 Å². The molecule has 0 bridgehead atoms. The number of aromatic nitrogens is 1. The number of pyridine rings is 1. The number of nitrogens with two attached hydrogens (primary N) is 1. The summed E-state index contributed by atoms with van der Waals surface area (Å²) in [4.78, 5) is 15.9. The summed E-state index contributed by atoms with van der Waals surface area (Å²) >= 11 is 0. The van der Waals surface area contributed by atoms with Gasteiger partial charge in [-0.3, -0.25) is 0 Å². The third kappa shape index (κ3) is 2.07. The van der Waals surface area contributed by atoms with Gasteiger partial charge in [0.2, 0.25) is 0 Å². The van der Waals surface area contributed by atoms with Crippen LogP contribution in [-0.2, 0) is 4.74 Å². The molecular formula is C13H14N2O3. The molecule has 0 unspecified atom stereocenters. The van der Waals surface area contributed by atoms with Gasteiger partial charge in [-0.1, -0.05) is 12.1 Å². The van der Waals surface area contributed by atoms with E-state index in [1.165, 1.54) is 0 Å². The van der Waals surface area contributed by atoms with Crippen LogP contribution < -0.4 is 10.5 Å². The lowest BCUT2D eigenvalue weighted by atomic mass is 10.1. The van der Waals surface area contributed by atoms with Crippen molar-refractivity contribution in [2.45, 2.75) is 6.92 Å². The minimum Gasteiger partial charge on any atom is -0.494 e. The fraction of sp³-hybridized carbons (Fsp3) is 0.231. The van der Waals surface area contributed by atoms with Crippen molar-refractivity contribution in [2.24, 2.45) is 0 Å². The molecule has 0 radical (unpaired) electrons. The number of carbonyl (C=O) groups excluding carboxylic acids is 1. The summed E-state index contributed by atoms with van der Waals surface area (Å²) in [6.07, 6.45) is 0. The van der Waals surface area contributed by atoms with Crippen LogP contribution in [0.3, 0.4) is 0 Å². The fourth-order valence-electron chi connectivity index (χ4n) is 1.72. The average molecular weight is 246 g/mol. The maximum atomic E-state index is 11.7. The summed E-state index contributed by atoms with van der Waals surface area (Å²) in [6, 6.07) is 7.12. The first-order valence-electron chi connectivity index (χ1n) is 5.57. The number of methoxy groups -OCH3 is 1. The highest BCUT2D eigenvalue weighted by Gasteiger charge is 2.14. The molecule has 0 aliphatic carbocycles. The molecule has 0 saturated carbocycles. The van der Waals surface area contributed by atoms with E-state index in [9.17, 15) is 4.79 Å². The third-order valence-corrected chi connectivity index (χ3v) is 2.55. The van der Waals surface area contributed by atoms with Gasteiger partial charge in [0.1, 0.15) is 22.6 Å². The monoisotopic (exact) mass is 246 g/mol. The highest BCUT2D eigenvalue weighted by molar-refractivity contribution is 5.99. The number of carbonyl (C=O) groups is 1. The van der Waals surface area contributed by atoms with Crippen molar-refractivity contribution < 1.29 is 14.3 Å². The Bertz CT molecular complexity index is 596. The number of hydrogen-bond acceptors (Lipinski definition) is 5. The molecule has 5 heteroatoms.